The average Bonchev–Trinajstić information content (AvgIpc) is 3.45. The Morgan fingerprint density at radius 2 is 2.02 bits per heavy atom. The molecule has 0 radical (unpaired) electrons. The average molecular weight is 568 g/mol. The molecule has 1 atom stereocenters. The number of carboxylic acids is 1. The number of carboxylic acid groups (broad SMARTS) is 1. The second kappa shape index (κ2) is 10.9. The normalized spacial score (nSPS) is 21.7. The number of para-hydroxylation sites is 1. The van der Waals surface area contributed by atoms with Crippen molar-refractivity contribution in [2.75, 3.05) is 26.3 Å². The maximum atomic E-state index is 14.8. The minimum Gasteiger partial charge on any atom is -0.478 e. The number of hydrogen-bond donors (Lipinski definition) is 1. The first-order valence-electron chi connectivity index (χ1n) is 13.5. The number of halogens is 2. The summed E-state index contributed by atoms with van der Waals surface area (Å²) in [6.07, 6.45) is 6.35. The highest BCUT2D eigenvalue weighted by molar-refractivity contribution is 6.30. The SMILES string of the molecule is CC1(c2ccc(Cl)cc2F)Oc2cccc(C3CCN(Cc4ncc(/C=C/C(=O)O)n4CC4COC4)CC3)c2O1. The molecular weight excluding hydrogens is 537 g/mol. The second-order valence-corrected chi connectivity index (χ2v) is 11.2. The number of nitrogens with zero attached hydrogens (tertiary/aromatic N) is 3. The first-order valence-corrected chi connectivity index (χ1v) is 13.9. The lowest BCUT2D eigenvalue weighted by Crippen LogP contribution is -2.35. The van der Waals surface area contributed by atoms with Crippen molar-refractivity contribution in [2.45, 2.75) is 44.6 Å². The van der Waals surface area contributed by atoms with Crippen LogP contribution in [0.1, 0.15) is 48.3 Å². The zero-order valence-electron chi connectivity index (χ0n) is 22.2. The Labute approximate surface area is 236 Å². The van der Waals surface area contributed by atoms with Crippen LogP contribution in [0.3, 0.4) is 0 Å². The van der Waals surface area contributed by atoms with Gasteiger partial charge in [-0.3, -0.25) is 4.90 Å². The lowest BCUT2D eigenvalue weighted by molar-refractivity contribution is -0.131. The monoisotopic (exact) mass is 567 g/mol. The topological polar surface area (TPSA) is 86.1 Å². The molecule has 4 heterocycles. The van der Waals surface area contributed by atoms with Crippen LogP contribution >= 0.6 is 11.6 Å². The van der Waals surface area contributed by atoms with Crippen LogP contribution in [0.15, 0.2) is 48.7 Å². The van der Waals surface area contributed by atoms with Crippen LogP contribution in [-0.2, 0) is 28.4 Å². The van der Waals surface area contributed by atoms with Gasteiger partial charge in [0.2, 0.25) is 0 Å². The van der Waals surface area contributed by atoms with Gasteiger partial charge in [0.25, 0.3) is 5.79 Å². The smallest absolute Gasteiger partial charge is 0.328 e. The third-order valence-corrected chi connectivity index (χ3v) is 8.17. The van der Waals surface area contributed by atoms with Crippen molar-refractivity contribution in [3.8, 4) is 11.5 Å². The van der Waals surface area contributed by atoms with E-state index in [4.69, 9.17) is 30.9 Å². The highest BCUT2D eigenvalue weighted by Crippen LogP contribution is 2.49. The number of ether oxygens (including phenoxy) is 3. The predicted molar refractivity (Wildman–Crippen MR) is 147 cm³/mol. The standard InChI is InChI=1S/C30H31ClFN3O5/c1-30(24-7-5-21(31)13-25(24)32)39-26-4-2-3-23(29(26)40-30)20-9-11-34(12-10-20)16-27-33-14-22(6-8-28(36)37)35(27)15-19-17-38-18-19/h2-8,13-14,19-20H,9-12,15-18H2,1H3,(H,36,37)/b8-6+. The van der Waals surface area contributed by atoms with Gasteiger partial charge in [-0.2, -0.15) is 0 Å². The van der Waals surface area contributed by atoms with Gasteiger partial charge in [0.05, 0.1) is 37.2 Å². The van der Waals surface area contributed by atoms with E-state index in [1.54, 1.807) is 31.3 Å². The summed E-state index contributed by atoms with van der Waals surface area (Å²) >= 11 is 5.95. The largest absolute Gasteiger partial charge is 0.478 e. The summed E-state index contributed by atoms with van der Waals surface area (Å²) in [4.78, 5) is 18.1. The molecule has 1 N–H and O–H groups in total. The second-order valence-electron chi connectivity index (χ2n) is 10.8. The van der Waals surface area contributed by atoms with Crippen molar-refractivity contribution in [3.63, 3.8) is 0 Å². The Hall–Kier alpha value is -3.40. The van der Waals surface area contributed by atoms with Gasteiger partial charge in [-0.1, -0.05) is 23.7 Å². The molecule has 3 aromatic rings. The van der Waals surface area contributed by atoms with Crippen molar-refractivity contribution in [1.29, 1.82) is 0 Å². The van der Waals surface area contributed by atoms with Gasteiger partial charge < -0.3 is 23.9 Å². The fourth-order valence-corrected chi connectivity index (χ4v) is 5.90. The summed E-state index contributed by atoms with van der Waals surface area (Å²) < 4.78 is 34.7. The van der Waals surface area contributed by atoms with Crippen LogP contribution in [-0.4, -0.2) is 51.8 Å². The molecule has 0 amide bonds. The van der Waals surface area contributed by atoms with Gasteiger partial charge >= 0.3 is 5.97 Å². The number of likely N-dealkylation sites (tertiary alicyclic amines) is 1. The Balaban J connectivity index is 1.14. The van der Waals surface area contributed by atoms with Crippen molar-refractivity contribution in [1.82, 2.24) is 14.5 Å². The van der Waals surface area contributed by atoms with E-state index in [9.17, 15) is 9.18 Å². The number of carbonyl (C=O) groups is 1. The van der Waals surface area contributed by atoms with E-state index in [0.717, 1.165) is 55.6 Å². The maximum Gasteiger partial charge on any atom is 0.328 e. The summed E-state index contributed by atoms with van der Waals surface area (Å²) in [5.41, 5.74) is 2.16. The zero-order valence-corrected chi connectivity index (χ0v) is 22.9. The van der Waals surface area contributed by atoms with Crippen LogP contribution in [0, 0.1) is 11.7 Å². The number of aromatic nitrogens is 2. The van der Waals surface area contributed by atoms with E-state index in [-0.39, 0.29) is 5.92 Å². The number of aliphatic carboxylic acids is 1. The molecule has 1 unspecified atom stereocenters. The number of imidazole rings is 1. The third-order valence-electron chi connectivity index (χ3n) is 7.94. The number of benzene rings is 2. The lowest BCUT2D eigenvalue weighted by atomic mass is 9.88. The van der Waals surface area contributed by atoms with E-state index in [0.29, 0.717) is 47.8 Å². The summed E-state index contributed by atoms with van der Waals surface area (Å²) in [5.74, 6) is 0.160. The number of rotatable bonds is 8. The van der Waals surface area contributed by atoms with E-state index in [1.807, 2.05) is 12.1 Å². The quantitative estimate of drug-likeness (QED) is 0.363. The van der Waals surface area contributed by atoms with Crippen molar-refractivity contribution in [3.05, 3.63) is 82.2 Å². The molecule has 3 aliphatic rings. The molecule has 2 fully saturated rings. The van der Waals surface area contributed by atoms with E-state index < -0.39 is 17.6 Å². The molecule has 6 rings (SSSR count). The first kappa shape index (κ1) is 26.8. The molecule has 2 aromatic carbocycles. The minimum absolute atomic E-state index is 0.271. The third kappa shape index (κ3) is 5.33. The Bertz CT molecular complexity index is 1450. The molecule has 1 aromatic heterocycles. The van der Waals surface area contributed by atoms with Crippen molar-refractivity contribution in [2.24, 2.45) is 5.92 Å². The molecule has 0 aliphatic carbocycles. The summed E-state index contributed by atoms with van der Waals surface area (Å²) in [5, 5.41) is 9.40. The van der Waals surface area contributed by atoms with Crippen LogP contribution < -0.4 is 9.47 Å². The Morgan fingerprint density at radius 3 is 2.73 bits per heavy atom. The number of piperidine rings is 1. The summed E-state index contributed by atoms with van der Waals surface area (Å²) in [7, 11) is 0. The lowest BCUT2D eigenvalue weighted by Gasteiger charge is -2.33. The fraction of sp³-hybridized carbons (Fsp3) is 0.400. The fourth-order valence-electron chi connectivity index (χ4n) is 5.74. The molecular formula is C30H31ClFN3O5. The van der Waals surface area contributed by atoms with E-state index >= 15 is 0 Å². The molecule has 0 bridgehead atoms. The van der Waals surface area contributed by atoms with Gasteiger partial charge in [-0.05, 0) is 62.2 Å². The highest BCUT2D eigenvalue weighted by atomic mass is 35.5. The number of hydrogen-bond acceptors (Lipinski definition) is 6. The molecule has 0 saturated carbocycles. The van der Waals surface area contributed by atoms with E-state index in [2.05, 4.69) is 20.5 Å². The summed E-state index contributed by atoms with van der Waals surface area (Å²) in [6.45, 7) is 6.33. The van der Waals surface area contributed by atoms with Crippen molar-refractivity contribution < 1.29 is 28.5 Å². The van der Waals surface area contributed by atoms with Crippen LogP contribution in [0.25, 0.3) is 6.08 Å². The minimum atomic E-state index is -1.27. The molecule has 0 spiro atoms. The van der Waals surface area contributed by atoms with Crippen molar-refractivity contribution >= 4 is 23.6 Å². The Kier molecular flexibility index (Phi) is 7.29. The van der Waals surface area contributed by atoms with Crippen LogP contribution in [0.2, 0.25) is 5.02 Å². The van der Waals surface area contributed by atoms with Gasteiger partial charge in [0.15, 0.2) is 11.5 Å². The Morgan fingerprint density at radius 1 is 1.23 bits per heavy atom. The first-order chi connectivity index (χ1) is 19.3. The van der Waals surface area contributed by atoms with Gasteiger partial charge in [0.1, 0.15) is 11.6 Å². The predicted octanol–water partition coefficient (Wildman–Crippen LogP) is 5.44. The van der Waals surface area contributed by atoms with Gasteiger partial charge in [-0.25, -0.2) is 14.2 Å². The van der Waals surface area contributed by atoms with E-state index in [1.165, 1.54) is 6.07 Å². The molecule has 2 saturated heterocycles. The van der Waals surface area contributed by atoms with Crippen LogP contribution in [0.4, 0.5) is 4.39 Å². The molecule has 10 heteroatoms. The zero-order chi connectivity index (χ0) is 27.9. The maximum absolute atomic E-state index is 14.8. The van der Waals surface area contributed by atoms with Gasteiger partial charge in [-0.15, -0.1) is 0 Å². The molecule has 40 heavy (non-hydrogen) atoms. The van der Waals surface area contributed by atoms with Gasteiger partial charge in [0, 0.05) is 36.0 Å². The van der Waals surface area contributed by atoms with Crippen LogP contribution in [0.5, 0.6) is 11.5 Å². The molecule has 210 valence electrons. The number of fused-ring (bicyclic) bond motifs is 1. The molecule has 8 nitrogen and oxygen atoms in total. The summed E-state index contributed by atoms with van der Waals surface area (Å²) in [6, 6.07) is 10.4. The molecule has 3 aliphatic heterocycles. The highest BCUT2D eigenvalue weighted by Gasteiger charge is 2.43.